The lowest BCUT2D eigenvalue weighted by Crippen LogP contribution is -2.46. The molecule has 3 aromatic rings. The van der Waals surface area contributed by atoms with Gasteiger partial charge < -0.3 is 14.6 Å². The van der Waals surface area contributed by atoms with Gasteiger partial charge in [0.2, 0.25) is 5.43 Å². The highest BCUT2D eigenvalue weighted by molar-refractivity contribution is 7.14. The van der Waals surface area contributed by atoms with Gasteiger partial charge in [-0.25, -0.2) is 8.78 Å². The van der Waals surface area contributed by atoms with Gasteiger partial charge in [0.05, 0.1) is 11.6 Å². The third-order valence-corrected chi connectivity index (χ3v) is 7.18. The average molecular weight is 458 g/mol. The van der Waals surface area contributed by atoms with E-state index in [2.05, 4.69) is 10.2 Å². The second-order valence-electron chi connectivity index (χ2n) is 8.28. The van der Waals surface area contributed by atoms with E-state index in [-0.39, 0.29) is 46.2 Å². The molecule has 0 saturated carbocycles. The Balaban J connectivity index is 1.54. The smallest absolute Gasteiger partial charge is 0.274 e. The van der Waals surface area contributed by atoms with E-state index in [0.29, 0.717) is 11.6 Å². The Hall–Kier alpha value is -3.14. The first-order valence-corrected chi connectivity index (χ1v) is 11.2. The fraction of sp³-hybridized carbons (Fsp3) is 0.364. The normalized spacial score (nSPS) is 20.2. The number of benzene rings is 1. The van der Waals surface area contributed by atoms with Crippen molar-refractivity contribution in [1.82, 2.24) is 19.7 Å². The summed E-state index contributed by atoms with van der Waals surface area (Å²) < 4.78 is 28.8. The molecule has 5 rings (SSSR count). The number of carbonyl (C=O) groups is 1. The molecule has 0 radical (unpaired) electrons. The Labute approximate surface area is 186 Å². The second-order valence-corrected chi connectivity index (χ2v) is 9.34. The molecule has 2 atom stereocenters. The van der Waals surface area contributed by atoms with Crippen molar-refractivity contribution < 1.29 is 18.7 Å². The Bertz CT molecular complexity index is 1290. The first-order chi connectivity index (χ1) is 15.3. The number of nitrogens with zero attached hydrogens (tertiary/aromatic N) is 4. The molecule has 0 aliphatic carbocycles. The lowest BCUT2D eigenvalue weighted by molar-refractivity contribution is 0.0606. The number of aromatic hydroxyl groups is 1. The zero-order valence-corrected chi connectivity index (χ0v) is 18.0. The van der Waals surface area contributed by atoms with Gasteiger partial charge in [-0.1, -0.05) is 17.4 Å². The number of carbonyl (C=O) groups excluding carboxylic acids is 1. The van der Waals surface area contributed by atoms with E-state index >= 15 is 0 Å². The van der Waals surface area contributed by atoms with Crippen LogP contribution in [-0.4, -0.2) is 43.3 Å². The van der Waals surface area contributed by atoms with Crippen molar-refractivity contribution in [3.05, 3.63) is 62.5 Å². The summed E-state index contributed by atoms with van der Waals surface area (Å²) in [5.41, 5.74) is -0.264. The predicted octanol–water partition coefficient (Wildman–Crippen LogP) is 3.51. The molecule has 7 nitrogen and oxygen atoms in total. The minimum Gasteiger partial charge on any atom is -0.503 e. The molecule has 0 unspecified atom stereocenters. The second kappa shape index (κ2) is 7.77. The van der Waals surface area contributed by atoms with Crippen molar-refractivity contribution in [2.24, 2.45) is 0 Å². The van der Waals surface area contributed by atoms with E-state index in [1.165, 1.54) is 12.1 Å². The van der Waals surface area contributed by atoms with E-state index in [9.17, 15) is 23.5 Å². The van der Waals surface area contributed by atoms with E-state index in [4.69, 9.17) is 0 Å². The molecular weight excluding hydrogens is 438 g/mol. The minimum absolute atomic E-state index is 0.0156. The first-order valence-electron chi connectivity index (χ1n) is 10.4. The number of rotatable bonds is 3. The van der Waals surface area contributed by atoms with Gasteiger partial charge in [0.1, 0.15) is 16.6 Å². The quantitative estimate of drug-likeness (QED) is 0.649. The maximum absolute atomic E-state index is 14.0. The van der Waals surface area contributed by atoms with Crippen LogP contribution in [-0.2, 0) is 6.42 Å². The molecule has 4 heterocycles. The lowest BCUT2D eigenvalue weighted by atomic mass is 10.1. The van der Waals surface area contributed by atoms with Gasteiger partial charge >= 0.3 is 0 Å². The van der Waals surface area contributed by atoms with E-state index in [1.807, 2.05) is 6.92 Å². The number of pyridine rings is 1. The molecule has 1 saturated heterocycles. The van der Waals surface area contributed by atoms with Gasteiger partial charge in [0, 0.05) is 31.3 Å². The van der Waals surface area contributed by atoms with Crippen molar-refractivity contribution in [3.63, 3.8) is 0 Å². The van der Waals surface area contributed by atoms with Gasteiger partial charge in [-0.3, -0.25) is 9.59 Å². The first kappa shape index (κ1) is 20.7. The van der Waals surface area contributed by atoms with Crippen molar-refractivity contribution in [1.29, 1.82) is 0 Å². The van der Waals surface area contributed by atoms with Crippen molar-refractivity contribution in [2.45, 2.75) is 44.7 Å². The summed E-state index contributed by atoms with van der Waals surface area (Å²) in [6.07, 6.45) is 4.30. The topological polar surface area (TPSA) is 88.3 Å². The number of amides is 1. The zero-order valence-electron chi connectivity index (χ0n) is 17.2. The fourth-order valence-electron chi connectivity index (χ4n) is 4.48. The van der Waals surface area contributed by atoms with Crippen LogP contribution < -0.4 is 5.43 Å². The van der Waals surface area contributed by atoms with Crippen LogP contribution in [0.25, 0.3) is 10.6 Å². The zero-order chi connectivity index (χ0) is 22.6. The Kier molecular flexibility index (Phi) is 5.04. The van der Waals surface area contributed by atoms with Crippen molar-refractivity contribution >= 4 is 17.2 Å². The summed E-state index contributed by atoms with van der Waals surface area (Å²) >= 11 is 1.09. The number of aromatic nitrogens is 3. The predicted molar refractivity (Wildman–Crippen MR) is 114 cm³/mol. The Morgan fingerprint density at radius 1 is 1.22 bits per heavy atom. The maximum atomic E-state index is 14.0. The molecule has 0 spiro atoms. The van der Waals surface area contributed by atoms with Crippen LogP contribution in [0.15, 0.2) is 29.2 Å². The van der Waals surface area contributed by atoms with Gasteiger partial charge in [0.25, 0.3) is 5.91 Å². The molecule has 2 aliphatic rings. The highest BCUT2D eigenvalue weighted by Gasteiger charge is 2.38. The van der Waals surface area contributed by atoms with E-state index in [0.717, 1.165) is 36.7 Å². The van der Waals surface area contributed by atoms with E-state index < -0.39 is 22.8 Å². The summed E-state index contributed by atoms with van der Waals surface area (Å²) in [5, 5.41) is 19.5. The number of hydrogen-bond acceptors (Lipinski definition) is 6. The average Bonchev–Trinajstić information content (AvgIpc) is 3.14. The molecule has 1 N–H and O–H groups in total. The molecule has 10 heteroatoms. The summed E-state index contributed by atoms with van der Waals surface area (Å²) in [6, 6.07) is 3.32. The number of halogens is 2. The molecule has 1 amide bonds. The highest BCUT2D eigenvalue weighted by Crippen LogP contribution is 2.36. The van der Waals surface area contributed by atoms with E-state index in [1.54, 1.807) is 15.7 Å². The molecular formula is C22H20F2N4O3S. The van der Waals surface area contributed by atoms with Crippen molar-refractivity contribution in [3.8, 4) is 16.3 Å². The van der Waals surface area contributed by atoms with Gasteiger partial charge in [-0.15, -0.1) is 10.2 Å². The Morgan fingerprint density at radius 3 is 2.81 bits per heavy atom. The fourth-order valence-corrected chi connectivity index (χ4v) is 5.35. The molecule has 1 aromatic carbocycles. The summed E-state index contributed by atoms with van der Waals surface area (Å²) in [7, 11) is 0. The van der Waals surface area contributed by atoms with Gasteiger partial charge in [-0.2, -0.15) is 0 Å². The number of hydrogen-bond donors (Lipinski definition) is 1. The van der Waals surface area contributed by atoms with Crippen LogP contribution >= 0.6 is 11.3 Å². The largest absolute Gasteiger partial charge is 0.503 e. The van der Waals surface area contributed by atoms with Gasteiger partial charge in [0.15, 0.2) is 16.5 Å². The lowest BCUT2D eigenvalue weighted by Gasteiger charge is -2.37. The molecule has 2 bridgehead atoms. The van der Waals surface area contributed by atoms with Gasteiger partial charge in [-0.05, 0) is 37.8 Å². The van der Waals surface area contributed by atoms with Crippen LogP contribution in [0.4, 0.5) is 8.78 Å². The third kappa shape index (κ3) is 3.38. The molecule has 2 aliphatic heterocycles. The molecule has 2 aromatic heterocycles. The van der Waals surface area contributed by atoms with Crippen LogP contribution in [0.3, 0.4) is 0 Å². The highest BCUT2D eigenvalue weighted by atomic mass is 32.1. The molecule has 166 valence electrons. The van der Waals surface area contributed by atoms with Crippen LogP contribution in [0.5, 0.6) is 5.75 Å². The summed E-state index contributed by atoms with van der Waals surface area (Å²) in [4.78, 5) is 27.7. The SMILES string of the molecule is C[C@@H]1CCC[C@@H]2CN1C(=O)c1c(O)c(=O)c(-c3nnc(Cc4ccc(F)cc4F)s3)cn12. The summed E-state index contributed by atoms with van der Waals surface area (Å²) in [6.45, 7) is 2.51. The van der Waals surface area contributed by atoms with Crippen LogP contribution in [0.2, 0.25) is 0 Å². The summed E-state index contributed by atoms with van der Waals surface area (Å²) in [5.74, 6) is -2.28. The van der Waals surface area contributed by atoms with Crippen LogP contribution in [0.1, 0.15) is 53.3 Å². The standard InChI is InChI=1S/C22H20F2N4O3S/c1-11-3-2-4-14-9-27(11)22(31)18-20(30)19(29)15(10-28(14)18)21-26-25-17(32-21)7-12-5-6-13(23)8-16(12)24/h5-6,8,10-11,14,30H,2-4,7,9H2,1H3/t11-,14-/m1/s1. The molecule has 32 heavy (non-hydrogen) atoms. The Morgan fingerprint density at radius 2 is 2.03 bits per heavy atom. The maximum Gasteiger partial charge on any atom is 0.274 e. The molecule has 1 fully saturated rings. The third-order valence-electron chi connectivity index (χ3n) is 6.22. The monoisotopic (exact) mass is 458 g/mol. The van der Waals surface area contributed by atoms with Crippen molar-refractivity contribution in [2.75, 3.05) is 6.54 Å². The van der Waals surface area contributed by atoms with Crippen LogP contribution in [0, 0.1) is 11.6 Å². The minimum atomic E-state index is -0.687. The number of fused-ring (bicyclic) bond motifs is 4.